The Labute approximate surface area is 117 Å². The van der Waals surface area contributed by atoms with Crippen molar-refractivity contribution in [1.29, 1.82) is 0 Å². The van der Waals surface area contributed by atoms with Crippen molar-refractivity contribution in [2.75, 3.05) is 14.2 Å². The van der Waals surface area contributed by atoms with E-state index in [0.717, 1.165) is 20.8 Å². The predicted octanol–water partition coefficient (Wildman–Crippen LogP) is 3.37. The van der Waals surface area contributed by atoms with Crippen LogP contribution >= 0.6 is 27.3 Å². The van der Waals surface area contributed by atoms with Gasteiger partial charge >= 0.3 is 5.97 Å². The first-order chi connectivity index (χ1) is 8.65. The number of ether oxygens (including phenoxy) is 2. The van der Waals surface area contributed by atoms with Crippen LogP contribution in [0.25, 0.3) is 10.6 Å². The molecule has 2 aromatic rings. The van der Waals surface area contributed by atoms with Crippen molar-refractivity contribution < 1.29 is 14.3 Å². The molecule has 0 radical (unpaired) electrons. The Kier molecular flexibility index (Phi) is 3.98. The van der Waals surface area contributed by atoms with Crippen molar-refractivity contribution in [1.82, 2.24) is 4.98 Å². The predicted molar refractivity (Wildman–Crippen MR) is 73.1 cm³/mol. The van der Waals surface area contributed by atoms with Crippen LogP contribution in [-0.2, 0) is 4.74 Å². The fourth-order valence-corrected chi connectivity index (χ4v) is 2.59. The van der Waals surface area contributed by atoms with Crippen molar-refractivity contribution in [3.05, 3.63) is 33.7 Å². The molecule has 0 aliphatic carbocycles. The number of thiazole rings is 1. The molecule has 0 saturated carbocycles. The van der Waals surface area contributed by atoms with Crippen LogP contribution < -0.4 is 4.74 Å². The second kappa shape index (κ2) is 5.49. The Morgan fingerprint density at radius 1 is 1.39 bits per heavy atom. The van der Waals surface area contributed by atoms with Gasteiger partial charge in [0.2, 0.25) is 0 Å². The van der Waals surface area contributed by atoms with E-state index in [1.165, 1.54) is 18.4 Å². The SMILES string of the molecule is COC(=O)c1csc(-c2ccc(Br)c(OC)c2)n1. The molecule has 0 saturated heterocycles. The summed E-state index contributed by atoms with van der Waals surface area (Å²) in [5.41, 5.74) is 1.22. The maximum atomic E-state index is 11.3. The van der Waals surface area contributed by atoms with Crippen molar-refractivity contribution in [2.45, 2.75) is 0 Å². The van der Waals surface area contributed by atoms with E-state index in [2.05, 4.69) is 25.7 Å². The van der Waals surface area contributed by atoms with E-state index in [-0.39, 0.29) is 0 Å². The molecule has 1 aromatic heterocycles. The van der Waals surface area contributed by atoms with Gasteiger partial charge in [0.1, 0.15) is 10.8 Å². The zero-order valence-corrected chi connectivity index (χ0v) is 12.2. The van der Waals surface area contributed by atoms with Gasteiger partial charge in [-0.05, 0) is 28.1 Å². The summed E-state index contributed by atoms with van der Waals surface area (Å²) in [5.74, 6) is 0.295. The van der Waals surface area contributed by atoms with Crippen LogP contribution in [0.5, 0.6) is 5.75 Å². The minimum absolute atomic E-state index is 0.319. The largest absolute Gasteiger partial charge is 0.496 e. The van der Waals surface area contributed by atoms with Gasteiger partial charge in [-0.1, -0.05) is 6.07 Å². The molecule has 18 heavy (non-hydrogen) atoms. The van der Waals surface area contributed by atoms with E-state index in [1.54, 1.807) is 12.5 Å². The summed E-state index contributed by atoms with van der Waals surface area (Å²) in [6, 6.07) is 5.66. The number of hydrogen-bond acceptors (Lipinski definition) is 5. The van der Waals surface area contributed by atoms with Crippen molar-refractivity contribution >= 4 is 33.2 Å². The van der Waals surface area contributed by atoms with Crippen LogP contribution in [0.15, 0.2) is 28.1 Å². The molecule has 0 fully saturated rings. The summed E-state index contributed by atoms with van der Waals surface area (Å²) >= 11 is 4.78. The van der Waals surface area contributed by atoms with E-state index < -0.39 is 5.97 Å². The van der Waals surface area contributed by atoms with Gasteiger partial charge in [0.15, 0.2) is 5.69 Å². The Morgan fingerprint density at radius 2 is 2.17 bits per heavy atom. The molecular weight excluding hydrogens is 318 g/mol. The quantitative estimate of drug-likeness (QED) is 0.811. The molecule has 0 N–H and O–H groups in total. The zero-order valence-electron chi connectivity index (χ0n) is 9.77. The normalized spacial score (nSPS) is 10.2. The molecule has 4 nitrogen and oxygen atoms in total. The molecule has 1 aromatic carbocycles. The Hall–Kier alpha value is -1.40. The molecule has 0 spiro atoms. The van der Waals surface area contributed by atoms with Gasteiger partial charge in [-0.3, -0.25) is 0 Å². The summed E-state index contributed by atoms with van der Waals surface area (Å²) in [7, 11) is 2.94. The minimum atomic E-state index is -0.429. The van der Waals surface area contributed by atoms with Gasteiger partial charge in [0, 0.05) is 10.9 Å². The number of nitrogens with zero attached hydrogens (tertiary/aromatic N) is 1. The fourth-order valence-electron chi connectivity index (χ4n) is 1.40. The third-order valence-corrected chi connectivity index (χ3v) is 3.84. The molecule has 2 rings (SSSR count). The first-order valence-corrected chi connectivity index (χ1v) is 6.70. The minimum Gasteiger partial charge on any atom is -0.496 e. The molecule has 0 aliphatic heterocycles. The van der Waals surface area contributed by atoms with Gasteiger partial charge in [-0.2, -0.15) is 0 Å². The third-order valence-electron chi connectivity index (χ3n) is 2.30. The van der Waals surface area contributed by atoms with Crippen LogP contribution in [0.1, 0.15) is 10.5 Å². The number of carbonyl (C=O) groups excluding carboxylic acids is 1. The molecule has 6 heteroatoms. The number of benzene rings is 1. The highest BCUT2D eigenvalue weighted by Crippen LogP contribution is 2.32. The smallest absolute Gasteiger partial charge is 0.357 e. The Bertz CT molecular complexity index is 582. The second-order valence-corrected chi connectivity index (χ2v) is 5.09. The highest BCUT2D eigenvalue weighted by molar-refractivity contribution is 9.10. The van der Waals surface area contributed by atoms with Gasteiger partial charge in [-0.25, -0.2) is 9.78 Å². The van der Waals surface area contributed by atoms with Gasteiger partial charge in [0.25, 0.3) is 0 Å². The molecule has 0 aliphatic rings. The number of hydrogen-bond donors (Lipinski definition) is 0. The average molecular weight is 328 g/mol. The lowest BCUT2D eigenvalue weighted by molar-refractivity contribution is 0.0595. The summed E-state index contributed by atoms with van der Waals surface area (Å²) in [6.07, 6.45) is 0. The fraction of sp³-hybridized carbons (Fsp3) is 0.167. The van der Waals surface area contributed by atoms with Gasteiger partial charge in [0.05, 0.1) is 18.7 Å². The van der Waals surface area contributed by atoms with Crippen LogP contribution in [0.4, 0.5) is 0 Å². The maximum Gasteiger partial charge on any atom is 0.357 e. The van der Waals surface area contributed by atoms with Crippen molar-refractivity contribution in [3.8, 4) is 16.3 Å². The lowest BCUT2D eigenvalue weighted by Crippen LogP contribution is -2.00. The maximum absolute atomic E-state index is 11.3. The Morgan fingerprint density at radius 3 is 2.83 bits per heavy atom. The van der Waals surface area contributed by atoms with E-state index in [9.17, 15) is 4.79 Å². The molecule has 0 atom stereocenters. The van der Waals surface area contributed by atoms with Crippen molar-refractivity contribution in [2.24, 2.45) is 0 Å². The van der Waals surface area contributed by atoms with Crippen LogP contribution in [0.3, 0.4) is 0 Å². The van der Waals surface area contributed by atoms with Crippen LogP contribution in [0, 0.1) is 0 Å². The van der Waals surface area contributed by atoms with E-state index in [0.29, 0.717) is 5.69 Å². The lowest BCUT2D eigenvalue weighted by Gasteiger charge is -2.04. The van der Waals surface area contributed by atoms with E-state index >= 15 is 0 Å². The first-order valence-electron chi connectivity index (χ1n) is 5.03. The molecule has 0 bridgehead atoms. The highest BCUT2D eigenvalue weighted by Gasteiger charge is 2.12. The van der Waals surface area contributed by atoms with Gasteiger partial charge < -0.3 is 9.47 Å². The number of aromatic nitrogens is 1. The third kappa shape index (κ3) is 2.54. The second-order valence-electron chi connectivity index (χ2n) is 3.38. The Balaban J connectivity index is 2.37. The molecule has 1 heterocycles. The highest BCUT2D eigenvalue weighted by atomic mass is 79.9. The van der Waals surface area contributed by atoms with Crippen LogP contribution in [0.2, 0.25) is 0 Å². The lowest BCUT2D eigenvalue weighted by atomic mass is 10.2. The van der Waals surface area contributed by atoms with E-state index in [1.807, 2.05) is 18.2 Å². The molecule has 94 valence electrons. The number of esters is 1. The summed E-state index contributed by atoms with van der Waals surface area (Å²) in [6.45, 7) is 0. The number of rotatable bonds is 3. The summed E-state index contributed by atoms with van der Waals surface area (Å²) < 4.78 is 10.7. The molecule has 0 amide bonds. The summed E-state index contributed by atoms with van der Waals surface area (Å²) in [4.78, 5) is 15.6. The van der Waals surface area contributed by atoms with Crippen LogP contribution in [-0.4, -0.2) is 25.2 Å². The van der Waals surface area contributed by atoms with E-state index in [4.69, 9.17) is 4.74 Å². The monoisotopic (exact) mass is 327 g/mol. The topological polar surface area (TPSA) is 48.4 Å². The van der Waals surface area contributed by atoms with Crippen molar-refractivity contribution in [3.63, 3.8) is 0 Å². The standard InChI is InChI=1S/C12H10BrNO3S/c1-16-10-5-7(3-4-8(10)13)11-14-9(6-18-11)12(15)17-2/h3-6H,1-2H3. The van der Waals surface area contributed by atoms with Gasteiger partial charge in [-0.15, -0.1) is 11.3 Å². The zero-order chi connectivity index (χ0) is 13.1. The summed E-state index contributed by atoms with van der Waals surface area (Å²) in [5, 5.41) is 2.43. The molecular formula is C12H10BrNO3S. The number of halogens is 1. The number of carbonyl (C=O) groups is 1. The molecule has 0 unspecified atom stereocenters. The first kappa shape index (κ1) is 13.0. The number of methoxy groups -OCH3 is 2. The average Bonchev–Trinajstić information content (AvgIpc) is 2.88.